The van der Waals surface area contributed by atoms with Gasteiger partial charge in [-0.3, -0.25) is 0 Å². The quantitative estimate of drug-likeness (QED) is 0.731. The van der Waals surface area contributed by atoms with Crippen molar-refractivity contribution in [3.05, 3.63) is 11.8 Å². The van der Waals surface area contributed by atoms with Gasteiger partial charge in [-0.05, 0) is 37.7 Å². The van der Waals surface area contributed by atoms with E-state index >= 15 is 0 Å². The highest BCUT2D eigenvalue weighted by molar-refractivity contribution is 5.03. The second-order valence-corrected chi connectivity index (χ2v) is 5.82. The predicted molar refractivity (Wildman–Crippen MR) is 69.9 cm³/mol. The molecule has 2 rings (SSSR count). The van der Waals surface area contributed by atoms with Crippen molar-refractivity contribution in [3.8, 4) is 0 Å². The van der Waals surface area contributed by atoms with Crippen LogP contribution in [0.1, 0.15) is 64.2 Å². The Morgan fingerprint density at radius 3 is 2.00 bits per heavy atom. The van der Waals surface area contributed by atoms with Crippen LogP contribution in [0.3, 0.4) is 0 Å². The van der Waals surface area contributed by atoms with E-state index < -0.39 is 6.10 Å². The molecule has 2 N–H and O–H groups in total. The smallest absolute Gasteiger partial charge is 0.0939 e. The van der Waals surface area contributed by atoms with Crippen LogP contribution in [0.2, 0.25) is 0 Å². The van der Waals surface area contributed by atoms with Gasteiger partial charge in [-0.2, -0.15) is 0 Å². The summed E-state index contributed by atoms with van der Waals surface area (Å²) >= 11 is 0. The zero-order valence-electron chi connectivity index (χ0n) is 10.8. The fraction of sp³-hybridized carbons (Fsp3) is 0.867. The van der Waals surface area contributed by atoms with Crippen LogP contribution in [0, 0.1) is 11.8 Å². The molecule has 2 aliphatic carbocycles. The van der Waals surface area contributed by atoms with Crippen molar-refractivity contribution in [3.63, 3.8) is 0 Å². The van der Waals surface area contributed by atoms with Gasteiger partial charge in [0.05, 0.1) is 11.9 Å². The zero-order valence-corrected chi connectivity index (χ0v) is 10.8. The summed E-state index contributed by atoms with van der Waals surface area (Å²) in [5.41, 5.74) is 0. The normalized spacial score (nSPS) is 27.0. The summed E-state index contributed by atoms with van der Waals surface area (Å²) in [7, 11) is 0. The molecule has 2 fully saturated rings. The molecular weight excluding hydrogens is 212 g/mol. The summed E-state index contributed by atoms with van der Waals surface area (Å²) in [6.45, 7) is 0. The molecule has 2 heteroatoms. The molecule has 0 aliphatic heterocycles. The maximum atomic E-state index is 10.1. The molecular formula is C15H26O2. The lowest BCUT2D eigenvalue weighted by atomic mass is 9.83. The highest BCUT2D eigenvalue weighted by Gasteiger charge is 2.23. The van der Waals surface area contributed by atoms with Gasteiger partial charge in [-0.25, -0.2) is 0 Å². The standard InChI is InChI=1S/C15H26O2/c16-14(12-7-3-1-4-8-12)11-15(17)13-9-5-2-6-10-13/h11-14,16-17H,1-10H2. The lowest BCUT2D eigenvalue weighted by Crippen LogP contribution is -2.22. The molecule has 0 heterocycles. The second-order valence-electron chi connectivity index (χ2n) is 5.82. The van der Waals surface area contributed by atoms with Gasteiger partial charge in [0.2, 0.25) is 0 Å². The Morgan fingerprint density at radius 1 is 0.882 bits per heavy atom. The molecule has 1 atom stereocenters. The van der Waals surface area contributed by atoms with E-state index in [9.17, 15) is 10.2 Å². The van der Waals surface area contributed by atoms with Gasteiger partial charge in [-0.15, -0.1) is 0 Å². The molecule has 98 valence electrons. The molecule has 0 saturated heterocycles. The number of allylic oxidation sites excluding steroid dienone is 1. The fourth-order valence-electron chi connectivity index (χ4n) is 3.32. The molecule has 0 aromatic rings. The van der Waals surface area contributed by atoms with Crippen LogP contribution in [0.25, 0.3) is 0 Å². The van der Waals surface area contributed by atoms with Gasteiger partial charge in [-0.1, -0.05) is 38.5 Å². The largest absolute Gasteiger partial charge is 0.512 e. The van der Waals surface area contributed by atoms with Crippen LogP contribution in [-0.4, -0.2) is 16.3 Å². The van der Waals surface area contributed by atoms with E-state index in [4.69, 9.17) is 0 Å². The van der Waals surface area contributed by atoms with Crippen molar-refractivity contribution in [2.75, 3.05) is 0 Å². The Morgan fingerprint density at radius 2 is 1.41 bits per heavy atom. The van der Waals surface area contributed by atoms with Crippen LogP contribution < -0.4 is 0 Å². The summed E-state index contributed by atoms with van der Waals surface area (Å²) < 4.78 is 0. The minimum absolute atomic E-state index is 0.321. The number of rotatable bonds is 3. The molecule has 0 aromatic heterocycles. The lowest BCUT2D eigenvalue weighted by molar-refractivity contribution is 0.119. The SMILES string of the molecule is OC(=CC(O)C1CCCCC1)C1CCCCC1. The summed E-state index contributed by atoms with van der Waals surface area (Å²) in [6.07, 6.45) is 13.3. The number of aliphatic hydroxyl groups is 2. The van der Waals surface area contributed by atoms with E-state index in [2.05, 4.69) is 0 Å². The highest BCUT2D eigenvalue weighted by Crippen LogP contribution is 2.31. The van der Waals surface area contributed by atoms with Crippen LogP contribution >= 0.6 is 0 Å². The van der Waals surface area contributed by atoms with E-state index in [0.717, 1.165) is 25.7 Å². The number of aliphatic hydroxyl groups excluding tert-OH is 2. The predicted octanol–water partition coefficient (Wildman–Crippen LogP) is 3.95. The highest BCUT2D eigenvalue weighted by atomic mass is 16.3. The fourth-order valence-corrected chi connectivity index (χ4v) is 3.32. The van der Waals surface area contributed by atoms with Crippen molar-refractivity contribution < 1.29 is 10.2 Å². The molecule has 17 heavy (non-hydrogen) atoms. The molecule has 0 aromatic carbocycles. The number of hydrogen-bond acceptors (Lipinski definition) is 2. The maximum absolute atomic E-state index is 10.1. The Balaban J connectivity index is 1.87. The van der Waals surface area contributed by atoms with E-state index in [-0.39, 0.29) is 0 Å². The van der Waals surface area contributed by atoms with E-state index in [1.165, 1.54) is 38.5 Å². The first-order valence-corrected chi connectivity index (χ1v) is 7.36. The van der Waals surface area contributed by atoms with Gasteiger partial charge >= 0.3 is 0 Å². The average molecular weight is 238 g/mol. The topological polar surface area (TPSA) is 40.5 Å². The molecule has 1 unspecified atom stereocenters. The molecule has 2 aliphatic rings. The third-order valence-electron chi connectivity index (χ3n) is 4.50. The van der Waals surface area contributed by atoms with Gasteiger partial charge in [0.25, 0.3) is 0 Å². The summed E-state index contributed by atoms with van der Waals surface area (Å²) in [4.78, 5) is 0. The minimum Gasteiger partial charge on any atom is -0.512 e. The first kappa shape index (κ1) is 12.9. The Hall–Kier alpha value is -0.500. The first-order chi connectivity index (χ1) is 8.27. The molecule has 0 radical (unpaired) electrons. The monoisotopic (exact) mass is 238 g/mol. The van der Waals surface area contributed by atoms with Crippen LogP contribution in [0.15, 0.2) is 11.8 Å². The van der Waals surface area contributed by atoms with Crippen LogP contribution in [0.5, 0.6) is 0 Å². The van der Waals surface area contributed by atoms with Gasteiger partial charge in [0.15, 0.2) is 0 Å². The number of hydrogen-bond donors (Lipinski definition) is 2. The van der Waals surface area contributed by atoms with E-state index in [0.29, 0.717) is 17.6 Å². The van der Waals surface area contributed by atoms with Crippen LogP contribution in [-0.2, 0) is 0 Å². The average Bonchev–Trinajstić information content (AvgIpc) is 2.40. The minimum atomic E-state index is -0.419. The van der Waals surface area contributed by atoms with Gasteiger partial charge in [0.1, 0.15) is 0 Å². The molecule has 0 amide bonds. The van der Waals surface area contributed by atoms with E-state index in [1.807, 2.05) is 0 Å². The summed E-state index contributed by atoms with van der Waals surface area (Å²) in [6, 6.07) is 0. The molecule has 2 saturated carbocycles. The molecule has 0 spiro atoms. The van der Waals surface area contributed by atoms with Crippen molar-refractivity contribution in [2.45, 2.75) is 70.3 Å². The van der Waals surface area contributed by atoms with Crippen molar-refractivity contribution >= 4 is 0 Å². The second kappa shape index (κ2) is 6.44. The van der Waals surface area contributed by atoms with Crippen LogP contribution in [0.4, 0.5) is 0 Å². The van der Waals surface area contributed by atoms with Crippen molar-refractivity contribution in [1.82, 2.24) is 0 Å². The Labute approximate surface area is 105 Å². The third-order valence-corrected chi connectivity index (χ3v) is 4.50. The van der Waals surface area contributed by atoms with Gasteiger partial charge in [0, 0.05) is 5.92 Å². The lowest BCUT2D eigenvalue weighted by Gasteiger charge is -2.26. The van der Waals surface area contributed by atoms with Crippen molar-refractivity contribution in [2.24, 2.45) is 11.8 Å². The summed E-state index contributed by atoms with van der Waals surface area (Å²) in [5.74, 6) is 1.17. The Kier molecular flexibility index (Phi) is 4.90. The third kappa shape index (κ3) is 3.74. The summed E-state index contributed by atoms with van der Waals surface area (Å²) in [5, 5.41) is 20.2. The zero-order chi connectivity index (χ0) is 12.1. The van der Waals surface area contributed by atoms with Crippen molar-refractivity contribution in [1.29, 1.82) is 0 Å². The molecule has 2 nitrogen and oxygen atoms in total. The Bertz CT molecular complexity index is 248. The maximum Gasteiger partial charge on any atom is 0.0939 e. The van der Waals surface area contributed by atoms with E-state index in [1.54, 1.807) is 6.08 Å². The first-order valence-electron chi connectivity index (χ1n) is 7.36. The van der Waals surface area contributed by atoms with Gasteiger partial charge < -0.3 is 10.2 Å². The molecule has 0 bridgehead atoms.